The van der Waals surface area contributed by atoms with Crippen molar-refractivity contribution in [3.63, 3.8) is 0 Å². The summed E-state index contributed by atoms with van der Waals surface area (Å²) < 4.78 is 21.1. The Hall–Kier alpha value is -2.02. The van der Waals surface area contributed by atoms with E-state index in [1.165, 1.54) is 18.2 Å². The summed E-state index contributed by atoms with van der Waals surface area (Å²) >= 11 is 6.88. The van der Waals surface area contributed by atoms with E-state index in [0.717, 1.165) is 18.7 Å². The van der Waals surface area contributed by atoms with Gasteiger partial charge in [0.1, 0.15) is 32.0 Å². The first kappa shape index (κ1) is 24.1. The zero-order valence-electron chi connectivity index (χ0n) is 19.5. The molecule has 2 aliphatic heterocycles. The van der Waals surface area contributed by atoms with Crippen LogP contribution in [0.4, 0.5) is 4.39 Å². The molecule has 0 aliphatic carbocycles. The summed E-state index contributed by atoms with van der Waals surface area (Å²) in [5.74, 6) is 3.00. The molecule has 2 heterocycles. The highest BCUT2D eigenvalue weighted by Crippen LogP contribution is 2.45. The molecular formula is C24H29BClFN2O3Si. The fourth-order valence-corrected chi connectivity index (χ4v) is 5.22. The molecule has 1 atom stereocenters. The van der Waals surface area contributed by atoms with Crippen LogP contribution in [0.25, 0.3) is 11.1 Å². The van der Waals surface area contributed by atoms with Gasteiger partial charge in [-0.2, -0.15) is 0 Å². The van der Waals surface area contributed by atoms with E-state index in [1.54, 1.807) is 6.82 Å². The molecule has 4 rings (SSSR count). The molecule has 2 aromatic carbocycles. The van der Waals surface area contributed by atoms with Crippen LogP contribution in [-0.2, 0) is 6.54 Å². The summed E-state index contributed by atoms with van der Waals surface area (Å²) in [5, 5.41) is 20.8. The van der Waals surface area contributed by atoms with Crippen LogP contribution in [0, 0.1) is 17.3 Å². The zero-order valence-corrected chi connectivity index (χ0v) is 21.2. The van der Waals surface area contributed by atoms with Crippen molar-refractivity contribution in [3.8, 4) is 34.1 Å². The van der Waals surface area contributed by atoms with Crippen molar-refractivity contribution in [3.05, 3.63) is 46.2 Å². The first-order chi connectivity index (χ1) is 15.5. The van der Waals surface area contributed by atoms with Crippen LogP contribution in [0.15, 0.2) is 24.3 Å². The third-order valence-electron chi connectivity index (χ3n) is 6.07. The highest BCUT2D eigenvalue weighted by atomic mass is 35.5. The molecule has 33 heavy (non-hydrogen) atoms. The normalized spacial score (nSPS) is 18.9. The van der Waals surface area contributed by atoms with Crippen LogP contribution in [0.3, 0.4) is 0 Å². The fraction of sp³-hybridized carbons (Fsp3) is 0.417. The molecule has 0 unspecified atom stereocenters. The average Bonchev–Trinajstić information content (AvgIpc) is 2.91. The summed E-state index contributed by atoms with van der Waals surface area (Å²) in [6.07, 6.45) is 0. The average molecular weight is 487 g/mol. The number of nitrogens with zero attached hydrogens (tertiary/aromatic N) is 2. The van der Waals surface area contributed by atoms with Gasteiger partial charge >= 0.3 is 7.05 Å². The maximum absolute atomic E-state index is 14.9. The standard InChI is InChI=1S/C24H29BClFN2O3Si/c1-25(31)29-10-9-28-13-17-12-16(8-11-33(2,3)4)21(22-19(27)6-5-7-20(22)30)23(26)24(17)32-15-18(28)14-29/h5-7,12,18,30-31H,9-10,13-15H2,1-4H3/t18-/m1/s1. The van der Waals surface area contributed by atoms with Crippen LogP contribution in [0.2, 0.25) is 31.5 Å². The predicted molar refractivity (Wildman–Crippen MR) is 134 cm³/mol. The summed E-state index contributed by atoms with van der Waals surface area (Å²) in [4.78, 5) is 4.35. The SMILES string of the molecule is CB(O)N1CCN2Cc3cc(C#C[Si](C)(C)C)c(-c4c(O)cccc4F)c(Cl)c3OC[C@H]2C1. The van der Waals surface area contributed by atoms with Gasteiger partial charge in [0.25, 0.3) is 0 Å². The Labute approximate surface area is 201 Å². The largest absolute Gasteiger partial charge is 0.507 e. The van der Waals surface area contributed by atoms with Gasteiger partial charge in [0.2, 0.25) is 0 Å². The number of halogens is 2. The topological polar surface area (TPSA) is 56.2 Å². The molecule has 0 radical (unpaired) electrons. The van der Waals surface area contributed by atoms with E-state index in [4.69, 9.17) is 16.3 Å². The van der Waals surface area contributed by atoms with Crippen molar-refractivity contribution in [1.29, 1.82) is 0 Å². The van der Waals surface area contributed by atoms with Gasteiger partial charge in [0, 0.05) is 42.9 Å². The van der Waals surface area contributed by atoms with Crippen molar-refractivity contribution < 1.29 is 19.3 Å². The van der Waals surface area contributed by atoms with Crippen LogP contribution >= 0.6 is 11.6 Å². The number of hydrogen-bond acceptors (Lipinski definition) is 5. The predicted octanol–water partition coefficient (Wildman–Crippen LogP) is 4.07. The van der Waals surface area contributed by atoms with E-state index in [-0.39, 0.29) is 22.4 Å². The molecule has 0 amide bonds. The van der Waals surface area contributed by atoms with Crippen molar-refractivity contribution >= 4 is 26.7 Å². The lowest BCUT2D eigenvalue weighted by molar-refractivity contribution is 0.0787. The van der Waals surface area contributed by atoms with E-state index in [9.17, 15) is 14.5 Å². The molecular weight excluding hydrogens is 458 g/mol. The third kappa shape index (κ3) is 5.08. The number of fused-ring (bicyclic) bond motifs is 2. The molecule has 0 aromatic heterocycles. The van der Waals surface area contributed by atoms with Gasteiger partial charge in [0.15, 0.2) is 0 Å². The Kier molecular flexibility index (Phi) is 6.81. The highest BCUT2D eigenvalue weighted by Gasteiger charge is 2.34. The summed E-state index contributed by atoms with van der Waals surface area (Å²) in [7, 11) is -2.25. The van der Waals surface area contributed by atoms with Crippen molar-refractivity contribution in [2.75, 3.05) is 26.2 Å². The molecule has 2 N–H and O–H groups in total. The van der Waals surface area contributed by atoms with Gasteiger partial charge < -0.3 is 19.7 Å². The maximum Gasteiger partial charge on any atom is 0.376 e. The molecule has 1 saturated heterocycles. The Morgan fingerprint density at radius 1 is 1.24 bits per heavy atom. The van der Waals surface area contributed by atoms with Gasteiger partial charge in [-0.05, 0) is 25.0 Å². The molecule has 9 heteroatoms. The lowest BCUT2D eigenvalue weighted by Gasteiger charge is -2.40. The third-order valence-corrected chi connectivity index (χ3v) is 7.31. The molecule has 0 saturated carbocycles. The quantitative estimate of drug-likeness (QED) is 0.495. The summed E-state index contributed by atoms with van der Waals surface area (Å²) in [6, 6.07) is 6.24. The molecule has 2 aromatic rings. The first-order valence-electron chi connectivity index (χ1n) is 11.2. The van der Waals surface area contributed by atoms with Gasteiger partial charge in [-0.15, -0.1) is 5.54 Å². The van der Waals surface area contributed by atoms with Crippen LogP contribution < -0.4 is 4.74 Å². The molecule has 174 valence electrons. The maximum atomic E-state index is 14.9. The van der Waals surface area contributed by atoms with E-state index < -0.39 is 20.9 Å². The van der Waals surface area contributed by atoms with Gasteiger partial charge in [0.05, 0.1) is 16.6 Å². The Balaban J connectivity index is 1.84. The monoisotopic (exact) mass is 486 g/mol. The smallest absolute Gasteiger partial charge is 0.376 e. The lowest BCUT2D eigenvalue weighted by atomic mass is 9.83. The number of rotatable bonds is 2. The Morgan fingerprint density at radius 2 is 2.00 bits per heavy atom. The second-order valence-corrected chi connectivity index (χ2v) is 14.9. The number of phenols is 1. The molecule has 0 spiro atoms. The number of hydrogen-bond donors (Lipinski definition) is 2. The zero-order chi connectivity index (χ0) is 23.9. The minimum Gasteiger partial charge on any atom is -0.507 e. The number of phenolic OH excluding ortho intramolecular Hbond substituents is 1. The molecule has 0 bridgehead atoms. The summed E-state index contributed by atoms with van der Waals surface area (Å²) in [6.45, 7) is 11.5. The number of ether oxygens (including phenoxy) is 1. The van der Waals surface area contributed by atoms with Crippen molar-refractivity contribution in [1.82, 2.24) is 9.71 Å². The molecule has 1 fully saturated rings. The number of benzene rings is 2. The lowest BCUT2D eigenvalue weighted by Crippen LogP contribution is -2.57. The van der Waals surface area contributed by atoms with E-state index in [2.05, 4.69) is 36.0 Å². The minimum atomic E-state index is -1.73. The fourth-order valence-electron chi connectivity index (χ4n) is 4.34. The van der Waals surface area contributed by atoms with Gasteiger partial charge in [-0.3, -0.25) is 4.90 Å². The van der Waals surface area contributed by atoms with Gasteiger partial charge in [-0.25, -0.2) is 4.39 Å². The van der Waals surface area contributed by atoms with E-state index >= 15 is 0 Å². The van der Waals surface area contributed by atoms with Crippen LogP contribution in [-0.4, -0.2) is 67.2 Å². The second kappa shape index (κ2) is 9.32. The molecule has 2 aliphatic rings. The van der Waals surface area contributed by atoms with E-state index in [0.29, 0.717) is 36.6 Å². The Morgan fingerprint density at radius 3 is 2.67 bits per heavy atom. The minimum absolute atomic E-state index is 0.0380. The van der Waals surface area contributed by atoms with E-state index in [1.807, 2.05) is 10.9 Å². The number of piperazine rings is 1. The van der Waals surface area contributed by atoms with Crippen LogP contribution in [0.1, 0.15) is 11.1 Å². The first-order valence-corrected chi connectivity index (χ1v) is 15.1. The highest BCUT2D eigenvalue weighted by molar-refractivity contribution is 6.83. The number of aromatic hydroxyl groups is 1. The van der Waals surface area contributed by atoms with Gasteiger partial charge in [-0.1, -0.05) is 43.2 Å². The van der Waals surface area contributed by atoms with Crippen LogP contribution in [0.5, 0.6) is 11.5 Å². The Bertz CT molecular complexity index is 1110. The molecule has 5 nitrogen and oxygen atoms in total. The van der Waals surface area contributed by atoms with Crippen molar-refractivity contribution in [2.24, 2.45) is 0 Å². The van der Waals surface area contributed by atoms with Crippen molar-refractivity contribution in [2.45, 2.75) is 39.1 Å². The second-order valence-electron chi connectivity index (χ2n) is 9.80. The summed E-state index contributed by atoms with van der Waals surface area (Å²) in [5.41, 5.74) is 5.23.